The lowest BCUT2D eigenvalue weighted by Gasteiger charge is -2.04. The molecule has 4 nitrogen and oxygen atoms in total. The number of hydrogen-bond acceptors (Lipinski definition) is 5. The van der Waals surface area contributed by atoms with Crippen LogP contribution in [0.5, 0.6) is 0 Å². The van der Waals surface area contributed by atoms with Gasteiger partial charge < -0.3 is 10.4 Å². The number of anilines is 1. The summed E-state index contributed by atoms with van der Waals surface area (Å²) in [7, 11) is 0. The van der Waals surface area contributed by atoms with Crippen molar-refractivity contribution in [3.05, 3.63) is 16.7 Å². The van der Waals surface area contributed by atoms with Crippen molar-refractivity contribution in [2.45, 2.75) is 13.2 Å². The van der Waals surface area contributed by atoms with Crippen LogP contribution in [0.25, 0.3) is 11.0 Å². The molecular weight excluding hydrogens is 266 g/mol. The summed E-state index contributed by atoms with van der Waals surface area (Å²) < 4.78 is 5.11. The molecule has 0 saturated carbocycles. The Morgan fingerprint density at radius 3 is 3.14 bits per heavy atom. The molecule has 0 amide bonds. The van der Waals surface area contributed by atoms with Crippen molar-refractivity contribution in [2.75, 3.05) is 5.32 Å². The van der Waals surface area contributed by atoms with Crippen molar-refractivity contribution >= 4 is 43.5 Å². The Balaban J connectivity index is 2.47. The standard InChI is InChI=1S/C8H8BrN3OS/c1-4(13)11-8-7-6(12-14-8)2-5(9)3-10-7/h2-4,11,13H,1H3. The van der Waals surface area contributed by atoms with E-state index >= 15 is 0 Å². The maximum absolute atomic E-state index is 9.17. The largest absolute Gasteiger partial charge is 0.374 e. The molecule has 0 saturated heterocycles. The van der Waals surface area contributed by atoms with Crippen LogP contribution in [0.2, 0.25) is 0 Å². The fourth-order valence-electron chi connectivity index (χ4n) is 1.10. The van der Waals surface area contributed by atoms with Gasteiger partial charge in [-0.1, -0.05) is 0 Å². The zero-order valence-electron chi connectivity index (χ0n) is 7.36. The Bertz CT molecular complexity index is 457. The van der Waals surface area contributed by atoms with Crippen molar-refractivity contribution < 1.29 is 5.11 Å². The van der Waals surface area contributed by atoms with Crippen molar-refractivity contribution in [3.8, 4) is 0 Å². The molecule has 14 heavy (non-hydrogen) atoms. The first-order valence-electron chi connectivity index (χ1n) is 4.02. The number of pyridine rings is 1. The zero-order chi connectivity index (χ0) is 10.1. The van der Waals surface area contributed by atoms with Gasteiger partial charge in [0.25, 0.3) is 0 Å². The van der Waals surface area contributed by atoms with Gasteiger partial charge in [0.05, 0.1) is 0 Å². The lowest BCUT2D eigenvalue weighted by molar-refractivity contribution is 0.225. The summed E-state index contributed by atoms with van der Waals surface area (Å²) in [6.45, 7) is 1.66. The van der Waals surface area contributed by atoms with Crippen molar-refractivity contribution in [1.82, 2.24) is 9.36 Å². The van der Waals surface area contributed by atoms with Crippen LogP contribution < -0.4 is 5.32 Å². The number of hydrogen-bond donors (Lipinski definition) is 2. The van der Waals surface area contributed by atoms with Crippen LogP contribution in [0, 0.1) is 0 Å². The summed E-state index contributed by atoms with van der Waals surface area (Å²) in [6, 6.07) is 1.89. The predicted octanol–water partition coefficient (Wildman–Crippen LogP) is 2.20. The van der Waals surface area contributed by atoms with Crippen molar-refractivity contribution in [1.29, 1.82) is 0 Å². The topological polar surface area (TPSA) is 58.0 Å². The Morgan fingerprint density at radius 1 is 1.64 bits per heavy atom. The fourth-order valence-corrected chi connectivity index (χ4v) is 2.21. The molecule has 2 N–H and O–H groups in total. The lowest BCUT2D eigenvalue weighted by atomic mass is 10.4. The normalized spacial score (nSPS) is 13.1. The molecule has 1 unspecified atom stereocenters. The van der Waals surface area contributed by atoms with E-state index in [9.17, 15) is 0 Å². The number of nitrogens with one attached hydrogen (secondary N) is 1. The molecule has 0 spiro atoms. The summed E-state index contributed by atoms with van der Waals surface area (Å²) in [5.74, 6) is 0. The van der Waals surface area contributed by atoms with Crippen LogP contribution in [0.15, 0.2) is 16.7 Å². The van der Waals surface area contributed by atoms with Crippen LogP contribution in [-0.2, 0) is 0 Å². The summed E-state index contributed by atoms with van der Waals surface area (Å²) in [6.07, 6.45) is 1.12. The molecule has 0 aliphatic heterocycles. The van der Waals surface area contributed by atoms with Gasteiger partial charge in [-0.25, -0.2) is 0 Å². The maximum atomic E-state index is 9.17. The smallest absolute Gasteiger partial charge is 0.138 e. The lowest BCUT2D eigenvalue weighted by Crippen LogP contribution is -2.12. The molecule has 2 heterocycles. The molecule has 0 aliphatic rings. The molecule has 1 atom stereocenters. The second kappa shape index (κ2) is 3.80. The molecule has 0 aliphatic carbocycles. The minimum absolute atomic E-state index is 0.593. The van der Waals surface area contributed by atoms with Gasteiger partial charge in [0.2, 0.25) is 0 Å². The third-order valence-corrected chi connectivity index (χ3v) is 2.84. The summed E-state index contributed by atoms with van der Waals surface area (Å²) in [4.78, 5) is 4.22. The molecule has 2 aromatic rings. The number of nitrogens with zero attached hydrogens (tertiary/aromatic N) is 2. The first-order valence-corrected chi connectivity index (χ1v) is 5.59. The highest BCUT2D eigenvalue weighted by atomic mass is 79.9. The van der Waals surface area contributed by atoms with Crippen LogP contribution in [-0.4, -0.2) is 20.7 Å². The third kappa shape index (κ3) is 1.87. The molecule has 0 aromatic carbocycles. The van der Waals surface area contributed by atoms with Gasteiger partial charge in [-0.15, -0.1) is 0 Å². The van der Waals surface area contributed by atoms with Gasteiger partial charge >= 0.3 is 0 Å². The van der Waals surface area contributed by atoms with Crippen LogP contribution >= 0.6 is 27.5 Å². The first-order chi connectivity index (χ1) is 6.66. The Hall–Kier alpha value is -0.720. The fraction of sp³-hybridized carbons (Fsp3) is 0.250. The van der Waals surface area contributed by atoms with Crippen molar-refractivity contribution in [2.24, 2.45) is 0 Å². The molecule has 6 heteroatoms. The van der Waals surface area contributed by atoms with E-state index in [-0.39, 0.29) is 0 Å². The first kappa shape index (κ1) is 9.82. The number of aromatic nitrogens is 2. The van der Waals surface area contributed by atoms with Crippen LogP contribution in [0.4, 0.5) is 5.00 Å². The minimum Gasteiger partial charge on any atom is -0.374 e. The summed E-state index contributed by atoms with van der Waals surface area (Å²) in [5.41, 5.74) is 1.62. The highest BCUT2D eigenvalue weighted by Gasteiger charge is 2.08. The average Bonchev–Trinajstić information content (AvgIpc) is 2.47. The molecule has 2 rings (SSSR count). The van der Waals surface area contributed by atoms with E-state index in [4.69, 9.17) is 5.11 Å². The van der Waals surface area contributed by atoms with E-state index in [1.54, 1.807) is 13.1 Å². The minimum atomic E-state index is -0.593. The summed E-state index contributed by atoms with van der Waals surface area (Å²) >= 11 is 4.62. The average molecular weight is 274 g/mol. The Labute approximate surface area is 93.3 Å². The number of halogens is 1. The number of rotatable bonds is 2. The Morgan fingerprint density at radius 2 is 2.43 bits per heavy atom. The van der Waals surface area contributed by atoms with Crippen LogP contribution in [0.1, 0.15) is 6.92 Å². The highest BCUT2D eigenvalue weighted by Crippen LogP contribution is 2.27. The Kier molecular flexibility index (Phi) is 2.66. The molecule has 74 valence electrons. The number of fused-ring (bicyclic) bond motifs is 1. The van der Waals surface area contributed by atoms with Crippen LogP contribution in [0.3, 0.4) is 0 Å². The zero-order valence-corrected chi connectivity index (χ0v) is 9.76. The quantitative estimate of drug-likeness (QED) is 0.824. The number of aliphatic hydroxyl groups is 1. The van der Waals surface area contributed by atoms with Gasteiger partial charge in [-0.05, 0) is 40.5 Å². The van der Waals surface area contributed by atoms with Gasteiger partial charge in [0, 0.05) is 10.7 Å². The van der Waals surface area contributed by atoms with Crippen molar-refractivity contribution in [3.63, 3.8) is 0 Å². The number of aliphatic hydroxyl groups excluding tert-OH is 1. The predicted molar refractivity (Wildman–Crippen MR) is 60.4 cm³/mol. The van der Waals surface area contributed by atoms with E-state index in [2.05, 4.69) is 30.6 Å². The van der Waals surface area contributed by atoms with Gasteiger partial charge in [0.1, 0.15) is 22.3 Å². The van der Waals surface area contributed by atoms with E-state index in [1.165, 1.54) is 11.5 Å². The molecule has 0 bridgehead atoms. The monoisotopic (exact) mass is 273 g/mol. The third-order valence-electron chi connectivity index (χ3n) is 1.62. The SMILES string of the molecule is CC(O)Nc1snc2cc(Br)cnc12. The molecule has 2 aromatic heterocycles. The molecule has 0 fully saturated rings. The van der Waals surface area contributed by atoms with E-state index in [0.29, 0.717) is 0 Å². The van der Waals surface area contributed by atoms with Gasteiger partial charge in [-0.3, -0.25) is 4.98 Å². The summed E-state index contributed by atoms with van der Waals surface area (Å²) in [5, 5.41) is 12.8. The molecular formula is C8H8BrN3OS. The van der Waals surface area contributed by atoms with Gasteiger partial charge in [-0.2, -0.15) is 4.37 Å². The molecule has 0 radical (unpaired) electrons. The second-order valence-electron chi connectivity index (χ2n) is 2.85. The van der Waals surface area contributed by atoms with Gasteiger partial charge in [0.15, 0.2) is 0 Å². The second-order valence-corrected chi connectivity index (χ2v) is 4.54. The van der Waals surface area contributed by atoms with E-state index in [0.717, 1.165) is 20.5 Å². The highest BCUT2D eigenvalue weighted by molar-refractivity contribution is 9.10. The van der Waals surface area contributed by atoms with E-state index in [1.807, 2.05) is 6.07 Å². The maximum Gasteiger partial charge on any atom is 0.138 e. The van der Waals surface area contributed by atoms with E-state index < -0.39 is 6.23 Å².